The molecule has 0 saturated carbocycles. The van der Waals surface area contributed by atoms with E-state index in [9.17, 15) is 4.79 Å². The molecule has 0 N–H and O–H groups in total. The van der Waals surface area contributed by atoms with E-state index in [2.05, 4.69) is 11.9 Å². The maximum absolute atomic E-state index is 12.4. The zero-order chi connectivity index (χ0) is 17.6. The highest BCUT2D eigenvalue weighted by molar-refractivity contribution is 5.76. The van der Waals surface area contributed by atoms with E-state index < -0.39 is 0 Å². The topological polar surface area (TPSA) is 55.6 Å². The number of aromatic nitrogens is 1. The van der Waals surface area contributed by atoms with E-state index in [1.165, 1.54) is 6.42 Å². The molecule has 0 radical (unpaired) electrons. The van der Waals surface area contributed by atoms with Crippen LogP contribution in [0.1, 0.15) is 38.5 Å². The van der Waals surface area contributed by atoms with Gasteiger partial charge in [-0.2, -0.15) is 0 Å². The zero-order valence-corrected chi connectivity index (χ0v) is 15.0. The third-order valence-electron chi connectivity index (χ3n) is 4.93. The van der Waals surface area contributed by atoms with Crippen molar-refractivity contribution in [1.29, 1.82) is 0 Å². The molecule has 1 saturated heterocycles. The Morgan fingerprint density at radius 3 is 2.88 bits per heavy atom. The largest absolute Gasteiger partial charge is 0.497 e. The van der Waals surface area contributed by atoms with Gasteiger partial charge in [0.15, 0.2) is 11.7 Å². The van der Waals surface area contributed by atoms with Gasteiger partial charge in [-0.25, -0.2) is 4.98 Å². The van der Waals surface area contributed by atoms with Crippen molar-refractivity contribution in [2.75, 3.05) is 20.2 Å². The molecular formula is C20H26N2O3. The van der Waals surface area contributed by atoms with Crippen molar-refractivity contribution in [2.45, 2.75) is 39.0 Å². The minimum absolute atomic E-state index is 0.211. The number of carbonyl (C=O) groups is 1. The first-order valence-electron chi connectivity index (χ1n) is 9.06. The summed E-state index contributed by atoms with van der Waals surface area (Å²) in [6.45, 7) is 3.99. The average molecular weight is 342 g/mol. The van der Waals surface area contributed by atoms with E-state index >= 15 is 0 Å². The lowest BCUT2D eigenvalue weighted by molar-refractivity contribution is -0.133. The molecule has 1 amide bonds. The van der Waals surface area contributed by atoms with Crippen molar-refractivity contribution >= 4 is 5.91 Å². The van der Waals surface area contributed by atoms with Crippen LogP contribution in [-0.2, 0) is 11.2 Å². The van der Waals surface area contributed by atoms with Crippen molar-refractivity contribution < 1.29 is 13.9 Å². The lowest BCUT2D eigenvalue weighted by Crippen LogP contribution is -2.39. The molecule has 5 heteroatoms. The lowest BCUT2D eigenvalue weighted by atomic mass is 9.95. The van der Waals surface area contributed by atoms with Crippen molar-refractivity contribution in [3.63, 3.8) is 0 Å². The monoisotopic (exact) mass is 342 g/mol. The molecule has 1 aromatic carbocycles. The molecule has 5 nitrogen and oxygen atoms in total. The summed E-state index contributed by atoms with van der Waals surface area (Å²) in [5.41, 5.74) is 0.952. The summed E-state index contributed by atoms with van der Waals surface area (Å²) in [6.07, 6.45) is 6.22. The Bertz CT molecular complexity index is 693. The second kappa shape index (κ2) is 8.19. The summed E-state index contributed by atoms with van der Waals surface area (Å²) in [4.78, 5) is 18.7. The molecule has 1 aliphatic heterocycles. The molecule has 0 unspecified atom stereocenters. The van der Waals surface area contributed by atoms with Crippen molar-refractivity contribution in [3.8, 4) is 17.1 Å². The minimum atomic E-state index is 0.211. The van der Waals surface area contributed by atoms with E-state index in [4.69, 9.17) is 9.15 Å². The Kier molecular flexibility index (Phi) is 5.74. The molecule has 1 fully saturated rings. The van der Waals surface area contributed by atoms with Crippen LogP contribution in [0, 0.1) is 5.92 Å². The number of piperidine rings is 1. The summed E-state index contributed by atoms with van der Waals surface area (Å²) in [5.74, 6) is 3.00. The van der Waals surface area contributed by atoms with Crippen LogP contribution in [0.4, 0.5) is 0 Å². The molecular weight excluding hydrogens is 316 g/mol. The van der Waals surface area contributed by atoms with Gasteiger partial charge in [0.1, 0.15) is 5.75 Å². The highest BCUT2D eigenvalue weighted by Gasteiger charge is 2.22. The van der Waals surface area contributed by atoms with Gasteiger partial charge in [-0.1, -0.05) is 13.3 Å². The number of benzene rings is 1. The Balaban J connectivity index is 1.55. The van der Waals surface area contributed by atoms with E-state index in [0.29, 0.717) is 30.4 Å². The van der Waals surface area contributed by atoms with Gasteiger partial charge in [0.05, 0.1) is 13.3 Å². The quantitative estimate of drug-likeness (QED) is 0.798. The molecule has 0 spiro atoms. The van der Waals surface area contributed by atoms with Crippen LogP contribution in [0.2, 0.25) is 0 Å². The number of amides is 1. The molecule has 134 valence electrons. The Hall–Kier alpha value is -2.30. The predicted octanol–water partition coefficient (Wildman–Crippen LogP) is 3.93. The predicted molar refractivity (Wildman–Crippen MR) is 96.4 cm³/mol. The number of aryl methyl sites for hydroxylation is 1. The number of likely N-dealkylation sites (tertiary alicyclic amines) is 1. The molecule has 1 atom stereocenters. The fourth-order valence-corrected chi connectivity index (χ4v) is 3.31. The average Bonchev–Trinajstić information content (AvgIpc) is 3.15. The van der Waals surface area contributed by atoms with Crippen LogP contribution in [0.3, 0.4) is 0 Å². The highest BCUT2D eigenvalue weighted by Crippen LogP contribution is 2.24. The first kappa shape index (κ1) is 17.5. The maximum atomic E-state index is 12.4. The summed E-state index contributed by atoms with van der Waals surface area (Å²) >= 11 is 0. The number of hydrogen-bond donors (Lipinski definition) is 0. The van der Waals surface area contributed by atoms with Gasteiger partial charge in [-0.05, 0) is 43.0 Å². The van der Waals surface area contributed by atoms with Gasteiger partial charge in [0, 0.05) is 31.5 Å². The van der Waals surface area contributed by atoms with Gasteiger partial charge in [0.25, 0.3) is 0 Å². The fourth-order valence-electron chi connectivity index (χ4n) is 3.31. The summed E-state index contributed by atoms with van der Waals surface area (Å²) < 4.78 is 11.0. The summed E-state index contributed by atoms with van der Waals surface area (Å²) in [5, 5.41) is 0. The van der Waals surface area contributed by atoms with Crippen molar-refractivity contribution in [1.82, 2.24) is 9.88 Å². The van der Waals surface area contributed by atoms with E-state index in [-0.39, 0.29) is 5.91 Å². The Morgan fingerprint density at radius 1 is 1.36 bits per heavy atom. The molecule has 25 heavy (non-hydrogen) atoms. The van der Waals surface area contributed by atoms with Gasteiger partial charge >= 0.3 is 0 Å². The second-order valence-electron chi connectivity index (χ2n) is 6.60. The third-order valence-corrected chi connectivity index (χ3v) is 4.93. The van der Waals surface area contributed by atoms with Crippen molar-refractivity contribution in [2.24, 2.45) is 5.92 Å². The second-order valence-corrected chi connectivity index (χ2v) is 6.60. The molecule has 1 aromatic heterocycles. The Morgan fingerprint density at radius 2 is 2.16 bits per heavy atom. The van der Waals surface area contributed by atoms with Gasteiger partial charge in [-0.3, -0.25) is 4.79 Å². The first-order chi connectivity index (χ1) is 12.2. The Labute approximate surface area is 149 Å². The number of hydrogen-bond acceptors (Lipinski definition) is 4. The smallest absolute Gasteiger partial charge is 0.223 e. The molecule has 3 rings (SSSR count). The van der Waals surface area contributed by atoms with Crippen LogP contribution in [0.15, 0.2) is 34.9 Å². The SMILES string of the molecule is CC[C@H]1CCCN(C(=O)CCc2ncc(-c3ccc(OC)cc3)o2)C1. The number of ether oxygens (including phenoxy) is 1. The number of methoxy groups -OCH3 is 1. The van der Waals surface area contributed by atoms with E-state index in [1.54, 1.807) is 13.3 Å². The normalized spacial score (nSPS) is 17.5. The van der Waals surface area contributed by atoms with Crippen molar-refractivity contribution in [3.05, 3.63) is 36.4 Å². The molecule has 0 bridgehead atoms. The third kappa shape index (κ3) is 4.41. The maximum Gasteiger partial charge on any atom is 0.223 e. The lowest BCUT2D eigenvalue weighted by Gasteiger charge is -2.32. The number of carbonyl (C=O) groups excluding carboxylic acids is 1. The number of nitrogens with zero attached hydrogens (tertiary/aromatic N) is 2. The van der Waals surface area contributed by atoms with Crippen LogP contribution in [0.5, 0.6) is 5.75 Å². The zero-order valence-electron chi connectivity index (χ0n) is 15.0. The van der Waals surface area contributed by atoms with Gasteiger partial charge in [0.2, 0.25) is 5.91 Å². The molecule has 1 aliphatic rings. The van der Waals surface area contributed by atoms with Gasteiger partial charge < -0.3 is 14.1 Å². The number of oxazole rings is 1. The minimum Gasteiger partial charge on any atom is -0.497 e. The van der Waals surface area contributed by atoms with Crippen LogP contribution >= 0.6 is 0 Å². The van der Waals surface area contributed by atoms with Crippen LogP contribution < -0.4 is 4.74 Å². The summed E-state index contributed by atoms with van der Waals surface area (Å²) in [7, 11) is 1.64. The first-order valence-corrected chi connectivity index (χ1v) is 9.06. The molecule has 2 heterocycles. The molecule has 2 aromatic rings. The molecule has 0 aliphatic carbocycles. The van der Waals surface area contributed by atoms with Crippen LogP contribution in [-0.4, -0.2) is 36.0 Å². The highest BCUT2D eigenvalue weighted by atomic mass is 16.5. The van der Waals surface area contributed by atoms with E-state index in [1.807, 2.05) is 29.2 Å². The van der Waals surface area contributed by atoms with Gasteiger partial charge in [-0.15, -0.1) is 0 Å². The number of rotatable bonds is 6. The van der Waals surface area contributed by atoms with E-state index in [0.717, 1.165) is 37.2 Å². The summed E-state index contributed by atoms with van der Waals surface area (Å²) in [6, 6.07) is 7.66. The standard InChI is InChI=1S/C20H26N2O3/c1-3-15-5-4-12-22(14-15)20(23)11-10-19-21-13-18(25-19)16-6-8-17(24-2)9-7-16/h6-9,13,15H,3-5,10-12,14H2,1-2H3/t15-/m0/s1. The fraction of sp³-hybridized carbons (Fsp3) is 0.500. The van der Waals surface area contributed by atoms with Crippen LogP contribution in [0.25, 0.3) is 11.3 Å².